The van der Waals surface area contributed by atoms with Gasteiger partial charge in [0.25, 0.3) is 5.91 Å². The van der Waals surface area contributed by atoms with E-state index in [0.717, 1.165) is 17.1 Å². The van der Waals surface area contributed by atoms with Crippen LogP contribution in [-0.4, -0.2) is 25.9 Å². The Kier molecular flexibility index (Phi) is 5.08. The highest BCUT2D eigenvalue weighted by atomic mass is 16.5. The van der Waals surface area contributed by atoms with Crippen molar-refractivity contribution in [1.29, 1.82) is 0 Å². The quantitative estimate of drug-likeness (QED) is 0.344. The molecular formula is C21H19N5O3. The van der Waals surface area contributed by atoms with Gasteiger partial charge in [0.2, 0.25) is 5.82 Å². The fraction of sp³-hybridized carbons (Fsp3) is 0.0952. The number of carbonyl (C=O) groups is 1. The third-order valence-corrected chi connectivity index (χ3v) is 4.33. The zero-order chi connectivity index (χ0) is 20.2. The van der Waals surface area contributed by atoms with E-state index in [1.807, 2.05) is 49.4 Å². The van der Waals surface area contributed by atoms with Crippen molar-refractivity contribution in [3.05, 3.63) is 83.9 Å². The van der Waals surface area contributed by atoms with Crippen molar-refractivity contribution in [2.75, 3.05) is 5.32 Å². The largest absolute Gasteiger partial charge is 0.458 e. The maximum absolute atomic E-state index is 11.4. The normalized spacial score (nSPS) is 10.7. The van der Waals surface area contributed by atoms with E-state index in [2.05, 4.69) is 15.4 Å². The highest BCUT2D eigenvalue weighted by Crippen LogP contribution is 2.21. The topological polar surface area (TPSA) is 105 Å². The molecule has 2 aromatic heterocycles. The third kappa shape index (κ3) is 4.02. The molecule has 0 saturated carbocycles. The summed E-state index contributed by atoms with van der Waals surface area (Å²) >= 11 is 0. The summed E-state index contributed by atoms with van der Waals surface area (Å²) in [5.74, 6) is 2.06. The summed E-state index contributed by atoms with van der Waals surface area (Å²) in [6.07, 6.45) is 0. The number of rotatable bonds is 6. The summed E-state index contributed by atoms with van der Waals surface area (Å²) in [4.78, 5) is 16.1. The van der Waals surface area contributed by atoms with Crippen LogP contribution in [-0.2, 0) is 6.54 Å². The molecule has 0 aliphatic rings. The number of carbonyl (C=O) groups excluding carboxylic acids is 1. The second-order valence-corrected chi connectivity index (χ2v) is 6.38. The van der Waals surface area contributed by atoms with E-state index in [1.54, 1.807) is 34.4 Å². The van der Waals surface area contributed by atoms with Crippen molar-refractivity contribution >= 4 is 11.6 Å². The monoisotopic (exact) mass is 389 g/mol. The first-order chi connectivity index (χ1) is 14.1. The summed E-state index contributed by atoms with van der Waals surface area (Å²) < 4.78 is 7.44. The maximum Gasteiger partial charge on any atom is 0.274 e. The van der Waals surface area contributed by atoms with Crippen LogP contribution in [0.1, 0.15) is 21.9 Å². The fourth-order valence-corrected chi connectivity index (χ4v) is 2.88. The first kappa shape index (κ1) is 18.5. The number of para-hydroxylation sites is 1. The van der Waals surface area contributed by atoms with Crippen LogP contribution < -0.4 is 10.8 Å². The molecule has 0 unspecified atom stereocenters. The molecule has 3 N–H and O–H groups in total. The number of amides is 1. The molecule has 4 rings (SSSR count). The maximum atomic E-state index is 11.4. The molecule has 0 aliphatic heterocycles. The fourth-order valence-electron chi connectivity index (χ4n) is 2.88. The first-order valence-electron chi connectivity index (χ1n) is 9.00. The van der Waals surface area contributed by atoms with Crippen LogP contribution in [0.2, 0.25) is 0 Å². The Balaban J connectivity index is 1.60. The minimum atomic E-state index is -0.557. The standard InChI is InChI=1S/C21H19N5O3/c1-14-7-12-18(29-14)20-23-19(26(24-20)17-5-3-2-4-6-17)13-22-16-10-8-15(9-11-16)21(27)25-28/h2-12,22,28H,13H2,1H3,(H,25,27). The number of furan rings is 1. The van der Waals surface area contributed by atoms with Crippen LogP contribution in [0.4, 0.5) is 5.69 Å². The molecule has 0 aliphatic carbocycles. The Bertz CT molecular complexity index is 1120. The van der Waals surface area contributed by atoms with Crippen molar-refractivity contribution in [3.63, 3.8) is 0 Å². The predicted molar refractivity (Wildman–Crippen MR) is 107 cm³/mol. The summed E-state index contributed by atoms with van der Waals surface area (Å²) in [7, 11) is 0. The Morgan fingerprint density at radius 3 is 2.48 bits per heavy atom. The minimum absolute atomic E-state index is 0.362. The Morgan fingerprint density at radius 1 is 1.07 bits per heavy atom. The Morgan fingerprint density at radius 2 is 1.83 bits per heavy atom. The molecule has 2 heterocycles. The molecule has 2 aromatic carbocycles. The predicted octanol–water partition coefficient (Wildman–Crippen LogP) is 3.57. The van der Waals surface area contributed by atoms with E-state index in [9.17, 15) is 4.79 Å². The SMILES string of the molecule is Cc1ccc(-c2nc(CNc3ccc(C(=O)NO)cc3)n(-c3ccccc3)n2)o1. The van der Waals surface area contributed by atoms with E-state index in [0.29, 0.717) is 29.5 Å². The lowest BCUT2D eigenvalue weighted by atomic mass is 10.2. The molecule has 0 bridgehead atoms. The third-order valence-electron chi connectivity index (χ3n) is 4.33. The Labute approximate surface area is 166 Å². The molecule has 146 valence electrons. The van der Waals surface area contributed by atoms with Gasteiger partial charge in [0, 0.05) is 11.3 Å². The molecule has 29 heavy (non-hydrogen) atoms. The number of hydroxylamine groups is 1. The lowest BCUT2D eigenvalue weighted by Gasteiger charge is -2.08. The van der Waals surface area contributed by atoms with Gasteiger partial charge in [-0.25, -0.2) is 15.1 Å². The molecular weight excluding hydrogens is 370 g/mol. The van der Waals surface area contributed by atoms with Gasteiger partial charge < -0.3 is 9.73 Å². The van der Waals surface area contributed by atoms with Crippen molar-refractivity contribution in [1.82, 2.24) is 20.2 Å². The summed E-state index contributed by atoms with van der Waals surface area (Å²) in [6.45, 7) is 2.29. The summed E-state index contributed by atoms with van der Waals surface area (Å²) in [6, 6.07) is 20.2. The van der Waals surface area contributed by atoms with Crippen molar-refractivity contribution in [3.8, 4) is 17.3 Å². The Hall–Kier alpha value is -3.91. The molecule has 0 fully saturated rings. The van der Waals surface area contributed by atoms with Gasteiger partial charge in [0.15, 0.2) is 11.6 Å². The smallest absolute Gasteiger partial charge is 0.274 e. The molecule has 0 radical (unpaired) electrons. The zero-order valence-corrected chi connectivity index (χ0v) is 15.7. The highest BCUT2D eigenvalue weighted by Gasteiger charge is 2.15. The van der Waals surface area contributed by atoms with Crippen molar-refractivity contribution in [2.45, 2.75) is 13.5 Å². The highest BCUT2D eigenvalue weighted by molar-refractivity contribution is 5.93. The molecule has 0 saturated heterocycles. The number of nitrogens with zero attached hydrogens (tertiary/aromatic N) is 3. The van der Waals surface area contributed by atoms with Gasteiger partial charge in [0.05, 0.1) is 12.2 Å². The second-order valence-electron chi connectivity index (χ2n) is 6.38. The van der Waals surface area contributed by atoms with E-state index in [4.69, 9.17) is 9.62 Å². The van der Waals surface area contributed by atoms with Crippen LogP contribution >= 0.6 is 0 Å². The van der Waals surface area contributed by atoms with Gasteiger partial charge in [-0.1, -0.05) is 18.2 Å². The second kappa shape index (κ2) is 7.99. The van der Waals surface area contributed by atoms with E-state index in [1.165, 1.54) is 0 Å². The zero-order valence-electron chi connectivity index (χ0n) is 15.7. The first-order valence-corrected chi connectivity index (χ1v) is 9.00. The van der Waals surface area contributed by atoms with Crippen LogP contribution in [0.5, 0.6) is 0 Å². The van der Waals surface area contributed by atoms with Gasteiger partial charge in [-0.2, -0.15) is 0 Å². The summed E-state index contributed by atoms with van der Waals surface area (Å²) in [5.41, 5.74) is 3.67. The van der Waals surface area contributed by atoms with Crippen molar-refractivity contribution < 1.29 is 14.4 Å². The number of hydrogen-bond donors (Lipinski definition) is 3. The van der Waals surface area contributed by atoms with Gasteiger partial charge in [0.1, 0.15) is 5.76 Å². The average Bonchev–Trinajstić information content (AvgIpc) is 3.39. The van der Waals surface area contributed by atoms with E-state index in [-0.39, 0.29) is 0 Å². The molecule has 0 spiro atoms. The molecule has 0 atom stereocenters. The van der Waals surface area contributed by atoms with Crippen LogP contribution in [0.3, 0.4) is 0 Å². The van der Waals surface area contributed by atoms with E-state index >= 15 is 0 Å². The van der Waals surface area contributed by atoms with Gasteiger partial charge in [-0.15, -0.1) is 5.10 Å². The van der Waals surface area contributed by atoms with Gasteiger partial charge in [-0.05, 0) is 55.5 Å². The lowest BCUT2D eigenvalue weighted by molar-refractivity contribution is 0.0706. The van der Waals surface area contributed by atoms with Crippen LogP contribution in [0.25, 0.3) is 17.3 Å². The molecule has 1 amide bonds. The van der Waals surface area contributed by atoms with E-state index < -0.39 is 5.91 Å². The molecule has 4 aromatic rings. The number of nitrogens with one attached hydrogen (secondary N) is 2. The van der Waals surface area contributed by atoms with Crippen molar-refractivity contribution in [2.24, 2.45) is 0 Å². The number of anilines is 1. The van der Waals surface area contributed by atoms with Crippen LogP contribution in [0.15, 0.2) is 71.1 Å². The number of aryl methyl sites for hydroxylation is 1. The number of benzene rings is 2. The molecule has 8 nitrogen and oxygen atoms in total. The number of hydrogen-bond acceptors (Lipinski definition) is 6. The molecule has 8 heteroatoms. The van der Waals surface area contributed by atoms with Gasteiger partial charge in [-0.3, -0.25) is 10.0 Å². The lowest BCUT2D eigenvalue weighted by Crippen LogP contribution is -2.18. The van der Waals surface area contributed by atoms with Crippen LogP contribution in [0, 0.1) is 6.92 Å². The minimum Gasteiger partial charge on any atom is -0.458 e. The average molecular weight is 389 g/mol. The summed E-state index contributed by atoms with van der Waals surface area (Å²) in [5, 5.41) is 16.6. The van der Waals surface area contributed by atoms with Gasteiger partial charge >= 0.3 is 0 Å². The number of aromatic nitrogens is 3.